The van der Waals surface area contributed by atoms with Crippen LogP contribution in [-0.4, -0.2) is 29.0 Å². The lowest BCUT2D eigenvalue weighted by Gasteiger charge is -2.17. The van der Waals surface area contributed by atoms with Crippen LogP contribution in [0.2, 0.25) is 0 Å². The van der Waals surface area contributed by atoms with Crippen LogP contribution in [-0.2, 0) is 6.42 Å². The third kappa shape index (κ3) is 1.51. The minimum Gasteiger partial charge on any atom is -0.355 e. The van der Waals surface area contributed by atoms with Crippen LogP contribution in [0.1, 0.15) is 18.5 Å². The van der Waals surface area contributed by atoms with Gasteiger partial charge in [0.25, 0.3) is 0 Å². The molecule has 0 atom stereocenters. The average molecular weight is 236 g/mol. The second-order valence-electron chi connectivity index (χ2n) is 4.32. The summed E-state index contributed by atoms with van der Waals surface area (Å²) in [4.78, 5) is 8.09. The summed E-state index contributed by atoms with van der Waals surface area (Å²) in [5.41, 5.74) is 6.94. The zero-order chi connectivity index (χ0) is 11.1. The predicted molar refractivity (Wildman–Crippen MR) is 67.3 cm³/mol. The first-order valence-corrected chi connectivity index (χ1v) is 6.56. The minimum absolute atomic E-state index is 0.676. The van der Waals surface area contributed by atoms with E-state index in [9.17, 15) is 0 Å². The van der Waals surface area contributed by atoms with Crippen LogP contribution >= 0.6 is 11.3 Å². The highest BCUT2D eigenvalue weighted by Gasteiger charge is 2.29. The van der Waals surface area contributed by atoms with Crippen molar-refractivity contribution < 1.29 is 0 Å². The first-order chi connectivity index (χ1) is 7.81. The number of hydrogen-bond acceptors (Lipinski definition) is 4. The molecule has 0 aromatic carbocycles. The molecule has 16 heavy (non-hydrogen) atoms. The summed E-state index contributed by atoms with van der Waals surface area (Å²) in [6, 6.07) is 0.695. The van der Waals surface area contributed by atoms with Crippen molar-refractivity contribution in [3.63, 3.8) is 0 Å². The van der Waals surface area contributed by atoms with Gasteiger partial charge in [0.05, 0.1) is 5.69 Å². The molecule has 0 aliphatic heterocycles. The summed E-state index contributed by atoms with van der Waals surface area (Å²) >= 11 is 1.68. The number of rotatable bonds is 4. The summed E-state index contributed by atoms with van der Waals surface area (Å²) in [5.74, 6) is 1.12. The average Bonchev–Trinajstić information content (AvgIpc) is 2.93. The normalized spacial score (nSPS) is 15.9. The lowest BCUT2D eigenvalue weighted by Crippen LogP contribution is -2.22. The Kier molecular flexibility index (Phi) is 2.37. The predicted octanol–water partition coefficient (Wildman–Crippen LogP) is 1.50. The van der Waals surface area contributed by atoms with Crippen molar-refractivity contribution in [3.05, 3.63) is 17.3 Å². The highest BCUT2D eigenvalue weighted by molar-refractivity contribution is 7.15. The van der Waals surface area contributed by atoms with Crippen LogP contribution in [0.15, 0.2) is 11.6 Å². The standard InChI is InChI=1S/C11H16N4S/c1-14(8-2-3-8)10-9(4-5-12)15-6-7-16-11(15)13-10/h6-8H,2-5,12H2,1H3. The van der Waals surface area contributed by atoms with E-state index in [-0.39, 0.29) is 0 Å². The van der Waals surface area contributed by atoms with Gasteiger partial charge in [-0.05, 0) is 19.4 Å². The lowest BCUT2D eigenvalue weighted by molar-refractivity contribution is 0.855. The summed E-state index contributed by atoms with van der Waals surface area (Å²) in [6.45, 7) is 0.676. The quantitative estimate of drug-likeness (QED) is 0.875. The zero-order valence-corrected chi connectivity index (χ0v) is 10.2. The Bertz CT molecular complexity index is 497. The second kappa shape index (κ2) is 3.75. The van der Waals surface area contributed by atoms with Crippen molar-refractivity contribution in [1.29, 1.82) is 0 Å². The van der Waals surface area contributed by atoms with Crippen LogP contribution in [0.5, 0.6) is 0 Å². The molecule has 0 radical (unpaired) electrons. The molecule has 2 aromatic heterocycles. The summed E-state index contributed by atoms with van der Waals surface area (Å²) < 4.78 is 2.17. The zero-order valence-electron chi connectivity index (χ0n) is 9.39. The van der Waals surface area contributed by atoms with Crippen molar-refractivity contribution >= 4 is 22.1 Å². The van der Waals surface area contributed by atoms with Crippen molar-refractivity contribution in [2.24, 2.45) is 5.73 Å². The third-order valence-corrected chi connectivity index (χ3v) is 3.91. The van der Waals surface area contributed by atoms with Gasteiger partial charge in [-0.3, -0.25) is 4.40 Å². The van der Waals surface area contributed by atoms with Crippen molar-refractivity contribution in [2.45, 2.75) is 25.3 Å². The highest BCUT2D eigenvalue weighted by Crippen LogP contribution is 2.33. The number of nitrogens with zero attached hydrogens (tertiary/aromatic N) is 3. The van der Waals surface area contributed by atoms with Crippen LogP contribution < -0.4 is 10.6 Å². The van der Waals surface area contributed by atoms with Gasteiger partial charge in [0.15, 0.2) is 10.8 Å². The monoisotopic (exact) mass is 236 g/mol. The molecule has 1 fully saturated rings. The van der Waals surface area contributed by atoms with Gasteiger partial charge >= 0.3 is 0 Å². The Morgan fingerprint density at radius 1 is 1.62 bits per heavy atom. The molecule has 2 aromatic rings. The summed E-state index contributed by atoms with van der Waals surface area (Å²) in [5, 5.41) is 2.07. The van der Waals surface area contributed by atoms with Gasteiger partial charge in [0.1, 0.15) is 0 Å². The molecule has 0 saturated heterocycles. The Hall–Kier alpha value is -1.07. The molecule has 3 rings (SSSR count). The van der Waals surface area contributed by atoms with Crippen LogP contribution in [0.25, 0.3) is 4.96 Å². The van der Waals surface area contributed by atoms with Crippen LogP contribution in [0.3, 0.4) is 0 Å². The Morgan fingerprint density at radius 3 is 3.12 bits per heavy atom. The number of aromatic nitrogens is 2. The smallest absolute Gasteiger partial charge is 0.195 e. The molecule has 4 nitrogen and oxygen atoms in total. The number of imidazole rings is 1. The number of hydrogen-bond donors (Lipinski definition) is 1. The van der Waals surface area contributed by atoms with E-state index in [4.69, 9.17) is 10.7 Å². The molecule has 0 amide bonds. The fourth-order valence-corrected chi connectivity index (χ4v) is 2.84. The molecule has 2 heterocycles. The van der Waals surface area contributed by atoms with Gasteiger partial charge in [0, 0.05) is 31.1 Å². The Morgan fingerprint density at radius 2 is 2.44 bits per heavy atom. The number of fused-ring (bicyclic) bond motifs is 1. The van der Waals surface area contributed by atoms with Gasteiger partial charge in [-0.1, -0.05) is 0 Å². The number of nitrogens with two attached hydrogens (primary N) is 1. The molecular weight excluding hydrogens is 220 g/mol. The van der Waals surface area contributed by atoms with Gasteiger partial charge in [-0.25, -0.2) is 4.98 Å². The maximum absolute atomic E-state index is 5.68. The van der Waals surface area contributed by atoms with E-state index >= 15 is 0 Å². The highest BCUT2D eigenvalue weighted by atomic mass is 32.1. The topological polar surface area (TPSA) is 46.6 Å². The number of thiazole rings is 1. The van der Waals surface area contributed by atoms with Crippen molar-refractivity contribution in [1.82, 2.24) is 9.38 Å². The van der Waals surface area contributed by atoms with Gasteiger partial charge < -0.3 is 10.6 Å². The second-order valence-corrected chi connectivity index (χ2v) is 5.19. The van der Waals surface area contributed by atoms with E-state index < -0.39 is 0 Å². The van der Waals surface area contributed by atoms with Gasteiger partial charge in [-0.15, -0.1) is 11.3 Å². The molecule has 0 spiro atoms. The first kappa shape index (κ1) is 10.1. The molecule has 1 saturated carbocycles. The van der Waals surface area contributed by atoms with Crippen LogP contribution in [0.4, 0.5) is 5.82 Å². The molecule has 2 N–H and O–H groups in total. The first-order valence-electron chi connectivity index (χ1n) is 5.68. The Labute approximate surface area is 98.7 Å². The van der Waals surface area contributed by atoms with Crippen molar-refractivity contribution in [2.75, 3.05) is 18.5 Å². The molecule has 0 unspecified atom stereocenters. The van der Waals surface area contributed by atoms with E-state index in [0.29, 0.717) is 12.6 Å². The van der Waals surface area contributed by atoms with E-state index in [1.165, 1.54) is 18.5 Å². The van der Waals surface area contributed by atoms with E-state index in [0.717, 1.165) is 17.2 Å². The van der Waals surface area contributed by atoms with E-state index in [2.05, 4.69) is 27.9 Å². The van der Waals surface area contributed by atoms with Crippen molar-refractivity contribution in [3.8, 4) is 0 Å². The molecular formula is C11H16N4S. The number of anilines is 1. The maximum Gasteiger partial charge on any atom is 0.195 e. The molecule has 86 valence electrons. The van der Waals surface area contributed by atoms with E-state index in [1.54, 1.807) is 11.3 Å². The SMILES string of the molecule is CN(c1nc2sccn2c1CCN)C1CC1. The fraction of sp³-hybridized carbons (Fsp3) is 0.545. The maximum atomic E-state index is 5.68. The molecule has 5 heteroatoms. The largest absolute Gasteiger partial charge is 0.355 e. The molecule has 1 aliphatic carbocycles. The summed E-state index contributed by atoms with van der Waals surface area (Å²) in [6.07, 6.45) is 5.57. The summed E-state index contributed by atoms with van der Waals surface area (Å²) in [7, 11) is 2.14. The van der Waals surface area contributed by atoms with Gasteiger partial charge in [-0.2, -0.15) is 0 Å². The van der Waals surface area contributed by atoms with Gasteiger partial charge in [0.2, 0.25) is 0 Å². The Balaban J connectivity index is 2.06. The fourth-order valence-electron chi connectivity index (χ4n) is 2.11. The minimum atomic E-state index is 0.676. The van der Waals surface area contributed by atoms with E-state index in [1.807, 2.05) is 0 Å². The molecule has 1 aliphatic rings. The molecule has 0 bridgehead atoms. The third-order valence-electron chi connectivity index (χ3n) is 3.15. The van der Waals surface area contributed by atoms with Crippen LogP contribution in [0, 0.1) is 0 Å². The lowest BCUT2D eigenvalue weighted by atomic mass is 10.3.